The zero-order valence-corrected chi connectivity index (χ0v) is 42.2. The molecule has 2 aliphatic heterocycles. The van der Waals surface area contributed by atoms with Gasteiger partial charge in [-0.05, 0) is 124 Å². The lowest BCUT2D eigenvalue weighted by atomic mass is 9.88. The second kappa shape index (κ2) is 16.9. The Kier molecular flexibility index (Phi) is 9.72. The SMILES string of the molecule is CC(C)(C)c1ccnc(-n2c3cc(Oc4cccc(N5CN(c6c(-c7ccncc7)cccc6-c6ccncc6)c6ccccc65)c4)ccc3c3c4c(ccc32)-n2c3ccccc3c3cccc(c32)-c2ccccc2-4)c1. The minimum Gasteiger partial charge on any atom is -0.457 e. The summed E-state index contributed by atoms with van der Waals surface area (Å²) in [5.74, 6) is 2.33. The van der Waals surface area contributed by atoms with Crippen LogP contribution in [0.15, 0.2) is 231 Å². The number of nitrogens with zero attached hydrogens (tertiary/aromatic N) is 7. The van der Waals surface area contributed by atoms with Gasteiger partial charge in [0.2, 0.25) is 0 Å². The molecule has 8 nitrogen and oxygen atoms in total. The third-order valence-corrected chi connectivity index (χ3v) is 15.5. The first-order chi connectivity index (χ1) is 37.4. The van der Waals surface area contributed by atoms with Gasteiger partial charge in [0.15, 0.2) is 0 Å². The smallest absolute Gasteiger partial charge is 0.137 e. The van der Waals surface area contributed by atoms with E-state index in [4.69, 9.17) is 9.72 Å². The first-order valence-electron chi connectivity index (χ1n) is 25.9. The number of aromatic nitrogens is 5. The van der Waals surface area contributed by atoms with Crippen molar-refractivity contribution in [3.05, 3.63) is 237 Å². The van der Waals surface area contributed by atoms with Crippen molar-refractivity contribution in [1.82, 2.24) is 24.1 Å². The van der Waals surface area contributed by atoms with Crippen molar-refractivity contribution in [3.8, 4) is 67.5 Å². The molecule has 13 aromatic rings. The van der Waals surface area contributed by atoms with Gasteiger partial charge in [-0.3, -0.25) is 14.5 Å². The van der Waals surface area contributed by atoms with E-state index in [1.54, 1.807) is 0 Å². The number of fused-ring (bicyclic) bond motifs is 13. The molecule has 0 unspecified atom stereocenters. The van der Waals surface area contributed by atoms with E-state index < -0.39 is 0 Å². The highest BCUT2D eigenvalue weighted by Gasteiger charge is 2.33. The molecule has 15 rings (SSSR count). The third kappa shape index (κ3) is 6.73. The van der Waals surface area contributed by atoms with Gasteiger partial charge in [0, 0.05) is 92.6 Å². The summed E-state index contributed by atoms with van der Waals surface area (Å²) in [4.78, 5) is 18.7. The van der Waals surface area contributed by atoms with Gasteiger partial charge in [-0.2, -0.15) is 0 Å². The Hall–Kier alpha value is -9.79. The fourth-order valence-electron chi connectivity index (χ4n) is 12.1. The Labute approximate surface area is 440 Å². The number of hydrogen-bond donors (Lipinski definition) is 0. The monoisotopic (exact) mass is 979 g/mol. The highest BCUT2D eigenvalue weighted by atomic mass is 16.5. The van der Waals surface area contributed by atoms with Crippen LogP contribution in [-0.4, -0.2) is 30.8 Å². The van der Waals surface area contributed by atoms with Crippen LogP contribution in [0.2, 0.25) is 0 Å². The van der Waals surface area contributed by atoms with Crippen molar-refractivity contribution < 1.29 is 4.74 Å². The van der Waals surface area contributed by atoms with Crippen molar-refractivity contribution in [2.45, 2.75) is 26.2 Å². The maximum Gasteiger partial charge on any atom is 0.137 e. The minimum atomic E-state index is -0.0871. The summed E-state index contributed by atoms with van der Waals surface area (Å²) in [7, 11) is 0. The van der Waals surface area contributed by atoms with Crippen LogP contribution in [0.25, 0.3) is 99.6 Å². The third-order valence-electron chi connectivity index (χ3n) is 15.5. The number of benzene rings is 8. The zero-order chi connectivity index (χ0) is 50.6. The van der Waals surface area contributed by atoms with E-state index in [9.17, 15) is 0 Å². The molecule has 0 aliphatic carbocycles. The zero-order valence-electron chi connectivity index (χ0n) is 42.2. The lowest BCUT2D eigenvalue weighted by molar-refractivity contribution is 0.483. The number of rotatable bonds is 7. The molecule has 0 amide bonds. The van der Waals surface area contributed by atoms with E-state index in [1.807, 2.05) is 37.1 Å². The topological polar surface area (TPSA) is 64.2 Å². The van der Waals surface area contributed by atoms with Crippen molar-refractivity contribution in [1.29, 1.82) is 0 Å². The number of ether oxygens (including phenoxy) is 1. The van der Waals surface area contributed by atoms with Crippen LogP contribution in [0.3, 0.4) is 0 Å². The van der Waals surface area contributed by atoms with Crippen molar-refractivity contribution in [3.63, 3.8) is 0 Å². The number of anilines is 4. The van der Waals surface area contributed by atoms with Crippen LogP contribution in [-0.2, 0) is 5.41 Å². The molecule has 76 heavy (non-hydrogen) atoms. The van der Waals surface area contributed by atoms with Crippen LogP contribution < -0.4 is 14.5 Å². The van der Waals surface area contributed by atoms with Gasteiger partial charge in [-0.25, -0.2) is 4.98 Å². The predicted molar refractivity (Wildman–Crippen MR) is 311 cm³/mol. The van der Waals surface area contributed by atoms with E-state index >= 15 is 0 Å². The predicted octanol–water partition coefficient (Wildman–Crippen LogP) is 17.4. The fraction of sp³-hybridized carbons (Fsp3) is 0.0735. The van der Waals surface area contributed by atoms with Crippen molar-refractivity contribution in [2.24, 2.45) is 0 Å². The fourth-order valence-corrected chi connectivity index (χ4v) is 12.1. The molecule has 5 aromatic heterocycles. The molecular formula is C68H49N7O. The summed E-state index contributed by atoms with van der Waals surface area (Å²) in [5, 5.41) is 4.79. The highest BCUT2D eigenvalue weighted by Crippen LogP contribution is 2.53. The Morgan fingerprint density at radius 3 is 1.86 bits per heavy atom. The molecule has 362 valence electrons. The van der Waals surface area contributed by atoms with Gasteiger partial charge >= 0.3 is 0 Å². The molecule has 0 N–H and O–H groups in total. The molecule has 8 heteroatoms. The van der Waals surface area contributed by atoms with Gasteiger partial charge < -0.3 is 19.1 Å². The molecular weight excluding hydrogens is 931 g/mol. The Morgan fingerprint density at radius 1 is 0.434 bits per heavy atom. The van der Waals surface area contributed by atoms with E-state index in [0.717, 1.165) is 84.4 Å². The van der Waals surface area contributed by atoms with E-state index in [-0.39, 0.29) is 5.41 Å². The first-order valence-corrected chi connectivity index (χ1v) is 25.9. The molecule has 0 radical (unpaired) electrons. The molecule has 0 saturated heterocycles. The maximum absolute atomic E-state index is 7.02. The van der Waals surface area contributed by atoms with Crippen LogP contribution >= 0.6 is 0 Å². The lowest BCUT2D eigenvalue weighted by Gasteiger charge is -2.27. The standard InChI is InChI=1S/C68H49N7O/c1-68(2,3)45-33-38-71-63(39-45)74-60-27-28-61-64(53-17-5-4-15-51(53)54-20-12-21-55-52-16-6-7-22-57(52)75(61)67(54)55)65(60)56-26-25-48(41-62(56)74)76-47-14-10-13-46(40-47)72-42-73(59-24-9-8-23-58(59)72)66-49(43-29-34-69-35-30-43)18-11-19-50(66)44-31-36-70-37-32-44/h4-41H,42H2,1-3H3. The molecule has 0 spiro atoms. The van der Waals surface area contributed by atoms with E-state index in [1.165, 1.54) is 55.0 Å². The van der Waals surface area contributed by atoms with Gasteiger partial charge in [0.05, 0.1) is 44.8 Å². The summed E-state index contributed by atoms with van der Waals surface area (Å²) in [6, 6.07) is 72.1. The molecule has 0 fully saturated rings. The normalized spacial score (nSPS) is 12.8. The number of para-hydroxylation sites is 5. The second-order valence-electron chi connectivity index (χ2n) is 20.9. The Bertz CT molecular complexity index is 4420. The van der Waals surface area contributed by atoms with Gasteiger partial charge in [0.1, 0.15) is 24.0 Å². The van der Waals surface area contributed by atoms with E-state index in [2.05, 4.69) is 244 Å². The second-order valence-corrected chi connectivity index (χ2v) is 20.9. The summed E-state index contributed by atoms with van der Waals surface area (Å²) in [5.41, 5.74) is 20.4. The minimum absolute atomic E-state index is 0.0871. The molecule has 0 bridgehead atoms. The average molecular weight is 980 g/mol. The average Bonchev–Trinajstić information content (AvgIpc) is 4.32. The lowest BCUT2D eigenvalue weighted by Crippen LogP contribution is -2.25. The number of pyridine rings is 3. The Balaban J connectivity index is 0.880. The molecule has 0 saturated carbocycles. The first kappa shape index (κ1) is 43.8. The summed E-state index contributed by atoms with van der Waals surface area (Å²) < 4.78 is 11.9. The molecule has 8 aromatic carbocycles. The maximum atomic E-state index is 7.02. The largest absolute Gasteiger partial charge is 0.457 e. The molecule has 0 atom stereocenters. The Morgan fingerprint density at radius 2 is 1.08 bits per heavy atom. The molecule has 7 heterocycles. The quantitative estimate of drug-likeness (QED) is 0.159. The summed E-state index contributed by atoms with van der Waals surface area (Å²) >= 11 is 0. The van der Waals surface area contributed by atoms with Crippen LogP contribution in [0.1, 0.15) is 26.3 Å². The van der Waals surface area contributed by atoms with Gasteiger partial charge in [-0.15, -0.1) is 0 Å². The molecule has 2 aliphatic rings. The van der Waals surface area contributed by atoms with Gasteiger partial charge in [-0.1, -0.05) is 118 Å². The van der Waals surface area contributed by atoms with Crippen LogP contribution in [0.5, 0.6) is 11.5 Å². The van der Waals surface area contributed by atoms with Crippen molar-refractivity contribution >= 4 is 66.4 Å². The van der Waals surface area contributed by atoms with Gasteiger partial charge in [0.25, 0.3) is 0 Å². The van der Waals surface area contributed by atoms with Crippen molar-refractivity contribution in [2.75, 3.05) is 16.5 Å². The summed E-state index contributed by atoms with van der Waals surface area (Å²) in [6.07, 6.45) is 9.40. The van der Waals surface area contributed by atoms with E-state index in [0.29, 0.717) is 6.67 Å². The summed E-state index contributed by atoms with van der Waals surface area (Å²) in [6.45, 7) is 7.36. The van der Waals surface area contributed by atoms with Crippen LogP contribution in [0.4, 0.5) is 22.7 Å². The van der Waals surface area contributed by atoms with Crippen LogP contribution in [0, 0.1) is 0 Å². The number of hydrogen-bond acceptors (Lipinski definition) is 6. The highest BCUT2D eigenvalue weighted by molar-refractivity contribution is 6.23.